The Morgan fingerprint density at radius 3 is 2.90 bits per heavy atom. The van der Waals surface area contributed by atoms with Crippen molar-refractivity contribution in [2.24, 2.45) is 4.99 Å². The molecule has 0 saturated carbocycles. The molecule has 0 bridgehead atoms. The van der Waals surface area contributed by atoms with E-state index in [0.29, 0.717) is 0 Å². The van der Waals surface area contributed by atoms with Crippen LogP contribution in [0.15, 0.2) is 17.3 Å². The minimum absolute atomic E-state index is 0.769. The molecule has 0 unspecified atom stereocenters. The quantitative estimate of drug-likeness (QED) is 0.331. The number of nitriles is 1. The molecule has 0 amide bonds. The van der Waals surface area contributed by atoms with Crippen molar-refractivity contribution in [3.05, 3.63) is 12.3 Å². The summed E-state index contributed by atoms with van der Waals surface area (Å²) < 4.78 is 0. The van der Waals surface area contributed by atoms with Crippen LogP contribution in [0.4, 0.5) is 0 Å². The standard InChI is InChI=1S/C7H11N3/c1-3-9-7-10(2)6-4-5-8/h4,6-7H,3H2,1-2H3. The van der Waals surface area contributed by atoms with Gasteiger partial charge in [-0.1, -0.05) is 0 Å². The molecule has 0 saturated heterocycles. The molecule has 0 heterocycles. The number of hydrogen-bond donors (Lipinski definition) is 0. The van der Waals surface area contributed by atoms with Crippen molar-refractivity contribution in [1.29, 1.82) is 5.26 Å². The van der Waals surface area contributed by atoms with Crippen molar-refractivity contribution in [2.45, 2.75) is 6.92 Å². The molecule has 0 spiro atoms. The van der Waals surface area contributed by atoms with Crippen LogP contribution in [0.2, 0.25) is 0 Å². The summed E-state index contributed by atoms with van der Waals surface area (Å²) in [5, 5.41) is 8.13. The van der Waals surface area contributed by atoms with Crippen LogP contribution < -0.4 is 0 Å². The second kappa shape index (κ2) is 5.83. The van der Waals surface area contributed by atoms with Crippen molar-refractivity contribution in [2.75, 3.05) is 13.6 Å². The predicted molar refractivity (Wildman–Crippen MR) is 41.5 cm³/mol. The molecular weight excluding hydrogens is 126 g/mol. The van der Waals surface area contributed by atoms with Gasteiger partial charge in [-0.25, -0.2) is 0 Å². The lowest BCUT2D eigenvalue weighted by Gasteiger charge is -2.02. The second-order valence-corrected chi connectivity index (χ2v) is 1.72. The Kier molecular flexibility index (Phi) is 5.07. The smallest absolute Gasteiger partial charge is 0.0927 e. The zero-order valence-corrected chi connectivity index (χ0v) is 6.28. The Bertz CT molecular complexity index is 164. The summed E-state index contributed by atoms with van der Waals surface area (Å²) in [5.74, 6) is 0. The molecular formula is C7H11N3. The van der Waals surface area contributed by atoms with Gasteiger partial charge < -0.3 is 4.90 Å². The summed E-state index contributed by atoms with van der Waals surface area (Å²) in [6, 6.07) is 1.89. The van der Waals surface area contributed by atoms with Crippen LogP contribution in [-0.4, -0.2) is 24.8 Å². The van der Waals surface area contributed by atoms with Crippen molar-refractivity contribution in [1.82, 2.24) is 4.90 Å². The number of hydrogen-bond acceptors (Lipinski definition) is 2. The topological polar surface area (TPSA) is 39.4 Å². The number of allylic oxidation sites excluding steroid dienone is 1. The third-order valence-corrected chi connectivity index (χ3v) is 0.831. The zero-order chi connectivity index (χ0) is 7.82. The van der Waals surface area contributed by atoms with E-state index in [9.17, 15) is 0 Å². The highest BCUT2D eigenvalue weighted by Gasteiger charge is 1.78. The fraction of sp³-hybridized carbons (Fsp3) is 0.429. The summed E-state index contributed by atoms with van der Waals surface area (Å²) in [6.07, 6.45) is 4.73. The molecule has 0 aliphatic carbocycles. The first-order chi connectivity index (χ1) is 4.81. The number of aliphatic imine (C=N–C) groups is 1. The molecule has 0 aromatic rings. The third-order valence-electron chi connectivity index (χ3n) is 0.831. The molecule has 3 heteroatoms. The van der Waals surface area contributed by atoms with Crippen LogP contribution >= 0.6 is 0 Å². The van der Waals surface area contributed by atoms with Gasteiger partial charge in [0.1, 0.15) is 0 Å². The van der Waals surface area contributed by atoms with Gasteiger partial charge in [0.05, 0.1) is 12.4 Å². The van der Waals surface area contributed by atoms with Crippen LogP contribution in [-0.2, 0) is 0 Å². The van der Waals surface area contributed by atoms with Gasteiger partial charge in [-0.05, 0) is 6.92 Å². The fourth-order valence-electron chi connectivity index (χ4n) is 0.400. The van der Waals surface area contributed by atoms with Gasteiger partial charge in [0.15, 0.2) is 0 Å². The summed E-state index contributed by atoms with van der Waals surface area (Å²) in [4.78, 5) is 5.69. The maximum atomic E-state index is 8.13. The lowest BCUT2D eigenvalue weighted by molar-refractivity contribution is 0.706. The largest absolute Gasteiger partial charge is 0.342 e. The lowest BCUT2D eigenvalue weighted by atomic mass is 10.6. The van der Waals surface area contributed by atoms with Crippen LogP contribution in [0, 0.1) is 11.3 Å². The maximum absolute atomic E-state index is 8.13. The van der Waals surface area contributed by atoms with Gasteiger partial charge in [0, 0.05) is 25.9 Å². The molecule has 0 radical (unpaired) electrons. The minimum atomic E-state index is 0.769. The summed E-state index contributed by atoms with van der Waals surface area (Å²) in [6.45, 7) is 2.73. The minimum Gasteiger partial charge on any atom is -0.342 e. The highest BCUT2D eigenvalue weighted by atomic mass is 15.1. The normalized spacial score (nSPS) is 10.5. The van der Waals surface area contributed by atoms with E-state index in [2.05, 4.69) is 4.99 Å². The highest BCUT2D eigenvalue weighted by molar-refractivity contribution is 5.55. The molecule has 0 aromatic heterocycles. The van der Waals surface area contributed by atoms with Crippen LogP contribution in [0.25, 0.3) is 0 Å². The van der Waals surface area contributed by atoms with E-state index in [4.69, 9.17) is 5.26 Å². The SMILES string of the molecule is CCN=CN(C)C=CC#N. The zero-order valence-electron chi connectivity index (χ0n) is 6.28. The first kappa shape index (κ1) is 8.70. The lowest BCUT2D eigenvalue weighted by Crippen LogP contribution is -2.06. The molecule has 0 rings (SSSR count). The highest BCUT2D eigenvalue weighted by Crippen LogP contribution is 1.78. The van der Waals surface area contributed by atoms with E-state index in [1.165, 1.54) is 6.08 Å². The van der Waals surface area contributed by atoms with E-state index in [1.54, 1.807) is 17.4 Å². The van der Waals surface area contributed by atoms with Crippen molar-refractivity contribution in [3.63, 3.8) is 0 Å². The van der Waals surface area contributed by atoms with Crippen molar-refractivity contribution in [3.8, 4) is 6.07 Å². The average molecular weight is 137 g/mol. The monoisotopic (exact) mass is 137 g/mol. The van der Waals surface area contributed by atoms with Crippen LogP contribution in [0.3, 0.4) is 0 Å². The summed E-state index contributed by atoms with van der Waals surface area (Å²) in [7, 11) is 1.83. The molecule has 10 heavy (non-hydrogen) atoms. The maximum Gasteiger partial charge on any atom is 0.0927 e. The van der Waals surface area contributed by atoms with Gasteiger partial charge in [-0.2, -0.15) is 5.26 Å². The Labute approximate surface area is 61.3 Å². The summed E-state index contributed by atoms with van der Waals surface area (Å²) >= 11 is 0. The Balaban J connectivity index is 3.65. The Morgan fingerprint density at radius 2 is 2.40 bits per heavy atom. The van der Waals surface area contributed by atoms with Crippen molar-refractivity contribution >= 4 is 6.34 Å². The van der Waals surface area contributed by atoms with Gasteiger partial charge in [0.25, 0.3) is 0 Å². The van der Waals surface area contributed by atoms with Crippen LogP contribution in [0.1, 0.15) is 6.92 Å². The Morgan fingerprint density at radius 1 is 1.70 bits per heavy atom. The van der Waals surface area contributed by atoms with E-state index in [-0.39, 0.29) is 0 Å². The van der Waals surface area contributed by atoms with E-state index in [0.717, 1.165) is 6.54 Å². The molecule has 0 atom stereocenters. The first-order valence-corrected chi connectivity index (χ1v) is 3.09. The number of nitrogens with zero attached hydrogens (tertiary/aromatic N) is 3. The Hall–Kier alpha value is -1.30. The van der Waals surface area contributed by atoms with Gasteiger partial charge in [-0.15, -0.1) is 0 Å². The predicted octanol–water partition coefficient (Wildman–Crippen LogP) is 1.00. The molecule has 3 nitrogen and oxygen atoms in total. The van der Waals surface area contributed by atoms with Crippen molar-refractivity contribution < 1.29 is 0 Å². The van der Waals surface area contributed by atoms with E-state index < -0.39 is 0 Å². The molecule has 0 aliphatic heterocycles. The van der Waals surface area contributed by atoms with Crippen LogP contribution in [0.5, 0.6) is 0 Å². The second-order valence-electron chi connectivity index (χ2n) is 1.72. The van der Waals surface area contributed by atoms with E-state index >= 15 is 0 Å². The molecule has 0 aliphatic rings. The third kappa shape index (κ3) is 4.85. The fourth-order valence-corrected chi connectivity index (χ4v) is 0.400. The summed E-state index contributed by atoms with van der Waals surface area (Å²) in [5.41, 5.74) is 0. The molecule has 54 valence electrons. The van der Waals surface area contributed by atoms with E-state index in [1.807, 2.05) is 20.0 Å². The van der Waals surface area contributed by atoms with Gasteiger partial charge in [0.2, 0.25) is 0 Å². The van der Waals surface area contributed by atoms with Gasteiger partial charge in [-0.3, -0.25) is 4.99 Å². The average Bonchev–Trinajstić information content (AvgIpc) is 1.97. The molecule has 0 N–H and O–H groups in total. The molecule has 0 fully saturated rings. The first-order valence-electron chi connectivity index (χ1n) is 3.09. The molecule has 0 aromatic carbocycles. The number of rotatable bonds is 3. The van der Waals surface area contributed by atoms with Gasteiger partial charge >= 0.3 is 0 Å².